The van der Waals surface area contributed by atoms with Gasteiger partial charge >= 0.3 is 5.97 Å². The summed E-state index contributed by atoms with van der Waals surface area (Å²) in [7, 11) is 0. The van der Waals surface area contributed by atoms with Gasteiger partial charge in [-0.1, -0.05) is 0 Å². The van der Waals surface area contributed by atoms with Gasteiger partial charge < -0.3 is 35.0 Å². The van der Waals surface area contributed by atoms with Crippen molar-refractivity contribution in [2.75, 3.05) is 6.61 Å². The van der Waals surface area contributed by atoms with Crippen molar-refractivity contribution in [3.8, 4) is 34.5 Å². The summed E-state index contributed by atoms with van der Waals surface area (Å²) in [6.07, 6.45) is 1.37. The number of carbonyl (C=O) groups is 1. The molecule has 2 aromatic carbocycles. The molecule has 1 heterocycles. The van der Waals surface area contributed by atoms with Crippen LogP contribution in [0.1, 0.15) is 15.9 Å². The molecule has 124 valence electrons. The van der Waals surface area contributed by atoms with E-state index in [1.54, 1.807) is 0 Å². The number of esters is 1. The van der Waals surface area contributed by atoms with Gasteiger partial charge in [0, 0.05) is 12.1 Å². The first-order valence-electron chi connectivity index (χ1n) is 6.71. The summed E-state index contributed by atoms with van der Waals surface area (Å²) in [6, 6.07) is 4.29. The van der Waals surface area contributed by atoms with Crippen LogP contribution < -0.4 is 4.74 Å². The van der Waals surface area contributed by atoms with E-state index in [4.69, 9.17) is 9.47 Å². The second-order valence-electron chi connectivity index (χ2n) is 5.03. The van der Waals surface area contributed by atoms with Gasteiger partial charge in [-0.15, -0.1) is 0 Å². The van der Waals surface area contributed by atoms with Crippen molar-refractivity contribution < 1.29 is 39.8 Å². The molecule has 8 heteroatoms. The van der Waals surface area contributed by atoms with E-state index >= 15 is 0 Å². The molecule has 0 fully saturated rings. The summed E-state index contributed by atoms with van der Waals surface area (Å²) in [4.78, 5) is 12.1. The zero-order valence-electron chi connectivity index (χ0n) is 12.1. The van der Waals surface area contributed by atoms with E-state index in [0.717, 1.165) is 18.2 Å². The molecule has 1 aliphatic heterocycles. The molecule has 2 aromatic rings. The van der Waals surface area contributed by atoms with Crippen LogP contribution >= 0.6 is 0 Å². The predicted molar refractivity (Wildman–Crippen MR) is 80.1 cm³/mol. The lowest BCUT2D eigenvalue weighted by molar-refractivity contribution is 0.0590. The molecule has 8 nitrogen and oxygen atoms in total. The van der Waals surface area contributed by atoms with E-state index in [0.29, 0.717) is 0 Å². The molecule has 0 unspecified atom stereocenters. The molecule has 0 atom stereocenters. The van der Waals surface area contributed by atoms with Crippen LogP contribution in [0, 0.1) is 0 Å². The molecule has 0 spiro atoms. The SMILES string of the molecule is O=C(OC1=Cc2c(O)cc(O)cc2OC1)c1cc(O)c(O)c(O)c1. The fourth-order valence-electron chi connectivity index (χ4n) is 2.17. The van der Waals surface area contributed by atoms with Gasteiger partial charge in [0.05, 0.1) is 11.1 Å². The van der Waals surface area contributed by atoms with Crippen LogP contribution in [-0.4, -0.2) is 38.1 Å². The summed E-state index contributed by atoms with van der Waals surface area (Å²) in [6.45, 7) is -0.127. The first kappa shape index (κ1) is 15.3. The van der Waals surface area contributed by atoms with Crippen LogP contribution in [0.25, 0.3) is 6.08 Å². The van der Waals surface area contributed by atoms with Gasteiger partial charge in [-0.2, -0.15) is 0 Å². The standard InChI is InChI=1S/C16H12O8/c17-8-3-11(18)10-5-9(6-23-14(10)4-8)24-16(22)7-1-12(19)15(21)13(20)2-7/h1-5,17-21H,6H2. The minimum Gasteiger partial charge on any atom is -0.508 e. The van der Waals surface area contributed by atoms with Crippen molar-refractivity contribution in [3.63, 3.8) is 0 Å². The van der Waals surface area contributed by atoms with Gasteiger partial charge in [0.1, 0.15) is 29.6 Å². The third kappa shape index (κ3) is 2.72. The van der Waals surface area contributed by atoms with Crippen molar-refractivity contribution in [2.45, 2.75) is 0 Å². The number of ether oxygens (including phenoxy) is 2. The van der Waals surface area contributed by atoms with Gasteiger partial charge in [0.2, 0.25) is 0 Å². The van der Waals surface area contributed by atoms with E-state index in [1.807, 2.05) is 0 Å². The lowest BCUT2D eigenvalue weighted by Crippen LogP contribution is -2.14. The highest BCUT2D eigenvalue weighted by Gasteiger charge is 2.21. The Morgan fingerprint density at radius 2 is 1.62 bits per heavy atom. The topological polar surface area (TPSA) is 137 Å². The molecule has 24 heavy (non-hydrogen) atoms. The number of aromatic hydroxyl groups is 5. The molecule has 0 amide bonds. The summed E-state index contributed by atoms with van der Waals surface area (Å²) in [5.41, 5.74) is 0.0441. The number of phenolic OH excluding ortho intramolecular Hbond substituents is 5. The average molecular weight is 332 g/mol. The molecule has 0 bridgehead atoms. The minimum atomic E-state index is -0.905. The number of rotatable bonds is 2. The summed E-state index contributed by atoms with van der Waals surface area (Å²) < 4.78 is 10.4. The number of hydrogen-bond donors (Lipinski definition) is 5. The Morgan fingerprint density at radius 1 is 0.958 bits per heavy atom. The zero-order chi connectivity index (χ0) is 17.4. The molecule has 0 saturated heterocycles. The molecule has 0 radical (unpaired) electrons. The highest BCUT2D eigenvalue weighted by Crippen LogP contribution is 2.38. The highest BCUT2D eigenvalue weighted by molar-refractivity contribution is 5.92. The van der Waals surface area contributed by atoms with Crippen LogP contribution in [0.3, 0.4) is 0 Å². The molecular formula is C16H12O8. The Morgan fingerprint density at radius 3 is 2.29 bits per heavy atom. The van der Waals surface area contributed by atoms with Crippen LogP contribution in [0.4, 0.5) is 0 Å². The molecule has 3 rings (SSSR count). The molecule has 1 aliphatic rings. The maximum absolute atomic E-state index is 12.1. The number of benzene rings is 2. The third-order valence-corrected chi connectivity index (χ3v) is 3.31. The van der Waals surface area contributed by atoms with Gasteiger partial charge in [-0.25, -0.2) is 4.79 Å². The number of hydrogen-bond acceptors (Lipinski definition) is 8. The van der Waals surface area contributed by atoms with Crippen molar-refractivity contribution in [2.24, 2.45) is 0 Å². The van der Waals surface area contributed by atoms with Crippen LogP contribution in [0.15, 0.2) is 30.0 Å². The van der Waals surface area contributed by atoms with Gasteiger partial charge in [0.25, 0.3) is 0 Å². The molecule has 0 aromatic heterocycles. The van der Waals surface area contributed by atoms with Gasteiger partial charge in [0.15, 0.2) is 17.2 Å². The Balaban J connectivity index is 1.86. The number of fused-ring (bicyclic) bond motifs is 1. The van der Waals surface area contributed by atoms with Gasteiger partial charge in [-0.3, -0.25) is 0 Å². The molecular weight excluding hydrogens is 320 g/mol. The van der Waals surface area contributed by atoms with Crippen molar-refractivity contribution in [1.29, 1.82) is 0 Å². The highest BCUT2D eigenvalue weighted by atomic mass is 16.6. The second kappa shape index (κ2) is 5.58. The maximum Gasteiger partial charge on any atom is 0.343 e. The first-order valence-corrected chi connectivity index (χ1v) is 6.71. The molecule has 0 aliphatic carbocycles. The van der Waals surface area contributed by atoms with E-state index in [9.17, 15) is 30.3 Å². The average Bonchev–Trinajstić information content (AvgIpc) is 2.52. The van der Waals surface area contributed by atoms with Crippen LogP contribution in [0.2, 0.25) is 0 Å². The summed E-state index contributed by atoms with van der Waals surface area (Å²) in [5.74, 6) is -3.12. The van der Waals surface area contributed by atoms with E-state index < -0.39 is 23.2 Å². The Kier molecular flexibility index (Phi) is 3.57. The quantitative estimate of drug-likeness (QED) is 0.415. The lowest BCUT2D eigenvalue weighted by atomic mass is 10.1. The molecule has 0 saturated carbocycles. The summed E-state index contributed by atoms with van der Waals surface area (Å²) >= 11 is 0. The fourth-order valence-corrected chi connectivity index (χ4v) is 2.17. The Bertz CT molecular complexity index is 846. The fraction of sp³-hybridized carbons (Fsp3) is 0.0625. The smallest absolute Gasteiger partial charge is 0.343 e. The second-order valence-corrected chi connectivity index (χ2v) is 5.03. The van der Waals surface area contributed by atoms with E-state index in [2.05, 4.69) is 0 Å². The number of carbonyl (C=O) groups excluding carboxylic acids is 1. The Hall–Kier alpha value is -3.55. The normalized spacial score (nSPS) is 12.8. The minimum absolute atomic E-state index is 0.0699. The number of phenols is 5. The van der Waals surface area contributed by atoms with Crippen molar-refractivity contribution >= 4 is 12.0 Å². The summed E-state index contributed by atoms with van der Waals surface area (Å²) in [5, 5.41) is 47.3. The molecule has 5 N–H and O–H groups in total. The maximum atomic E-state index is 12.1. The van der Waals surface area contributed by atoms with E-state index in [1.165, 1.54) is 12.1 Å². The van der Waals surface area contributed by atoms with Crippen LogP contribution in [0.5, 0.6) is 34.5 Å². The van der Waals surface area contributed by atoms with E-state index in [-0.39, 0.29) is 40.7 Å². The zero-order valence-corrected chi connectivity index (χ0v) is 12.1. The van der Waals surface area contributed by atoms with Gasteiger partial charge in [-0.05, 0) is 18.2 Å². The monoisotopic (exact) mass is 332 g/mol. The van der Waals surface area contributed by atoms with Crippen LogP contribution in [-0.2, 0) is 4.74 Å². The first-order chi connectivity index (χ1) is 11.3. The lowest BCUT2D eigenvalue weighted by Gasteiger charge is -2.18. The van der Waals surface area contributed by atoms with Crippen molar-refractivity contribution in [1.82, 2.24) is 0 Å². The predicted octanol–water partition coefficient (Wildman–Crippen LogP) is 1.80. The van der Waals surface area contributed by atoms with Crippen molar-refractivity contribution in [3.05, 3.63) is 41.2 Å². The Labute approximate surface area is 135 Å². The third-order valence-electron chi connectivity index (χ3n) is 3.31. The largest absolute Gasteiger partial charge is 0.508 e.